The molecule has 0 aliphatic rings. The zero-order valence-electron chi connectivity index (χ0n) is 13.4. The van der Waals surface area contributed by atoms with E-state index < -0.39 is 15.2 Å². The van der Waals surface area contributed by atoms with Crippen LogP contribution in [-0.4, -0.2) is 32.6 Å². The van der Waals surface area contributed by atoms with Crippen LogP contribution in [0.25, 0.3) is 0 Å². The van der Waals surface area contributed by atoms with Gasteiger partial charge in [-0.3, -0.25) is 9.13 Å². The Kier molecular flexibility index (Phi) is 14.8. The fraction of sp³-hybridized carbons (Fsp3) is 0.692. The molecule has 0 aromatic carbocycles. The number of hydrogen-bond acceptors (Lipinski definition) is 6. The summed E-state index contributed by atoms with van der Waals surface area (Å²) in [6.45, 7) is 15.5. The molecule has 0 amide bonds. The Bertz CT molecular complexity index is 350. The van der Waals surface area contributed by atoms with Gasteiger partial charge in [0.1, 0.15) is 0 Å². The van der Waals surface area contributed by atoms with Crippen molar-refractivity contribution in [2.45, 2.75) is 27.7 Å². The van der Waals surface area contributed by atoms with Crippen LogP contribution in [0.2, 0.25) is 0 Å². The summed E-state index contributed by atoms with van der Waals surface area (Å²) < 4.78 is 42.3. The summed E-state index contributed by atoms with van der Waals surface area (Å²) >= 11 is 0. The summed E-state index contributed by atoms with van der Waals surface area (Å²) in [5.74, 6) is 1.22. The van der Waals surface area contributed by atoms with E-state index in [2.05, 4.69) is 13.2 Å². The van der Waals surface area contributed by atoms with Gasteiger partial charge in [-0.2, -0.15) is 0 Å². The van der Waals surface area contributed by atoms with Gasteiger partial charge in [0.2, 0.25) is 0 Å². The molecule has 0 N–H and O–H groups in total. The second-order valence-electron chi connectivity index (χ2n) is 3.48. The summed E-state index contributed by atoms with van der Waals surface area (Å²) in [4.78, 5) is 0. The minimum atomic E-state index is -2.94. The monoisotopic (exact) mass is 342 g/mol. The van der Waals surface area contributed by atoms with Crippen LogP contribution >= 0.6 is 15.2 Å². The number of rotatable bonds is 11. The molecular formula is C13H28O6P2. The van der Waals surface area contributed by atoms with Gasteiger partial charge in [0.25, 0.3) is 0 Å². The highest BCUT2D eigenvalue weighted by Gasteiger charge is 2.20. The van der Waals surface area contributed by atoms with Crippen LogP contribution < -0.4 is 0 Å². The van der Waals surface area contributed by atoms with Crippen molar-refractivity contribution in [3.05, 3.63) is 25.1 Å². The summed E-state index contributed by atoms with van der Waals surface area (Å²) in [6, 6.07) is 0. The smallest absolute Gasteiger partial charge is 0.309 e. The van der Waals surface area contributed by atoms with Gasteiger partial charge in [-0.1, -0.05) is 12.7 Å². The molecule has 0 aromatic rings. The van der Waals surface area contributed by atoms with E-state index in [1.165, 1.54) is 5.82 Å². The summed E-state index contributed by atoms with van der Waals surface area (Å²) in [5, 5.41) is 0. The van der Waals surface area contributed by atoms with E-state index in [9.17, 15) is 9.13 Å². The van der Waals surface area contributed by atoms with Gasteiger partial charge in [0.15, 0.2) is 0 Å². The lowest BCUT2D eigenvalue weighted by atomic mass is 10.8. The molecule has 0 aliphatic carbocycles. The highest BCUT2D eigenvalue weighted by atomic mass is 31.2. The quantitative estimate of drug-likeness (QED) is 0.395. The summed E-state index contributed by atoms with van der Waals surface area (Å²) in [5.41, 5.74) is 0. The fourth-order valence-corrected chi connectivity index (χ4v) is 3.59. The third kappa shape index (κ3) is 12.0. The predicted octanol–water partition coefficient (Wildman–Crippen LogP) is 4.83. The molecule has 0 radical (unpaired) electrons. The minimum Gasteiger partial charge on any atom is -0.309 e. The molecule has 0 bridgehead atoms. The highest BCUT2D eigenvalue weighted by Crippen LogP contribution is 2.49. The standard InChI is InChI=1S/C7H15O3P.C6H13O3P/c1-4-7-11(8,9-5-2)10-6-3;1-4-8-10(7,6-3)9-5-2/h4H,1,5-7H2,2-3H3;6H,3-5H2,1-2H3. The molecule has 21 heavy (non-hydrogen) atoms. The van der Waals surface area contributed by atoms with Crippen molar-refractivity contribution in [2.24, 2.45) is 0 Å². The van der Waals surface area contributed by atoms with Crippen molar-refractivity contribution in [3.8, 4) is 0 Å². The first-order valence-corrected chi connectivity index (χ1v) is 10.2. The maximum Gasteiger partial charge on any atom is 0.353 e. The highest BCUT2D eigenvalue weighted by molar-refractivity contribution is 7.57. The lowest BCUT2D eigenvalue weighted by Gasteiger charge is -2.14. The Morgan fingerprint density at radius 1 is 0.810 bits per heavy atom. The van der Waals surface area contributed by atoms with Crippen molar-refractivity contribution >= 4 is 15.2 Å². The molecule has 126 valence electrons. The van der Waals surface area contributed by atoms with Crippen molar-refractivity contribution in [3.63, 3.8) is 0 Å². The molecule has 8 heteroatoms. The molecule has 0 aliphatic heterocycles. The van der Waals surface area contributed by atoms with Crippen LogP contribution in [-0.2, 0) is 27.2 Å². The fourth-order valence-electron chi connectivity index (χ4n) is 1.20. The van der Waals surface area contributed by atoms with Crippen LogP contribution in [0, 0.1) is 0 Å². The van der Waals surface area contributed by atoms with Crippen LogP contribution in [0.1, 0.15) is 27.7 Å². The largest absolute Gasteiger partial charge is 0.353 e. The molecule has 6 nitrogen and oxygen atoms in total. The third-order valence-electron chi connectivity index (χ3n) is 1.85. The van der Waals surface area contributed by atoms with Crippen molar-refractivity contribution < 1.29 is 27.2 Å². The number of allylic oxidation sites excluding steroid dienone is 1. The maximum absolute atomic E-state index is 11.5. The third-order valence-corrected chi connectivity index (χ3v) is 5.54. The SMILES string of the molecule is C=CCP(=O)(OCC)OCC.C=CP(=O)(OCC)OCC. The Labute approximate surface area is 128 Å². The minimum absolute atomic E-state index is 0.286. The van der Waals surface area contributed by atoms with Crippen LogP contribution in [0.4, 0.5) is 0 Å². The van der Waals surface area contributed by atoms with E-state index in [0.717, 1.165) is 0 Å². The van der Waals surface area contributed by atoms with Crippen molar-refractivity contribution in [1.82, 2.24) is 0 Å². The van der Waals surface area contributed by atoms with Gasteiger partial charge in [0, 0.05) is 5.82 Å². The first-order valence-electron chi connectivity index (χ1n) is 6.88. The van der Waals surface area contributed by atoms with E-state index in [-0.39, 0.29) is 6.16 Å². The molecule has 0 heterocycles. The zero-order valence-corrected chi connectivity index (χ0v) is 15.2. The second-order valence-corrected chi connectivity index (χ2v) is 7.54. The van der Waals surface area contributed by atoms with E-state index in [1.807, 2.05) is 0 Å². The number of hydrogen-bond donors (Lipinski definition) is 0. The lowest BCUT2D eigenvalue weighted by Crippen LogP contribution is -1.97. The molecule has 0 fully saturated rings. The Morgan fingerprint density at radius 3 is 1.43 bits per heavy atom. The zero-order chi connectivity index (χ0) is 16.8. The second kappa shape index (κ2) is 13.4. The van der Waals surface area contributed by atoms with Gasteiger partial charge in [0.05, 0.1) is 32.6 Å². The topological polar surface area (TPSA) is 71.1 Å². The molecular weight excluding hydrogens is 314 g/mol. The average molecular weight is 342 g/mol. The van der Waals surface area contributed by atoms with Gasteiger partial charge >= 0.3 is 15.2 Å². The van der Waals surface area contributed by atoms with Gasteiger partial charge < -0.3 is 18.1 Å². The first kappa shape index (κ1) is 23.1. The molecule has 0 spiro atoms. The molecule has 0 atom stereocenters. The predicted molar refractivity (Wildman–Crippen MR) is 87.0 cm³/mol. The van der Waals surface area contributed by atoms with Gasteiger partial charge in [-0.15, -0.1) is 6.58 Å². The summed E-state index contributed by atoms with van der Waals surface area (Å²) in [6.07, 6.45) is 1.83. The van der Waals surface area contributed by atoms with Crippen LogP contribution in [0.15, 0.2) is 25.1 Å². The lowest BCUT2D eigenvalue weighted by molar-refractivity contribution is 0.222. The van der Waals surface area contributed by atoms with E-state index in [4.69, 9.17) is 18.1 Å². The van der Waals surface area contributed by atoms with Crippen molar-refractivity contribution in [1.29, 1.82) is 0 Å². The molecule has 0 unspecified atom stereocenters. The average Bonchev–Trinajstić information content (AvgIpc) is 2.40. The molecule has 0 aromatic heterocycles. The Hall–Kier alpha value is -0.220. The van der Waals surface area contributed by atoms with Crippen molar-refractivity contribution in [2.75, 3.05) is 32.6 Å². The summed E-state index contributed by atoms with van der Waals surface area (Å²) in [7, 11) is -5.77. The van der Waals surface area contributed by atoms with Gasteiger partial charge in [-0.05, 0) is 27.7 Å². The van der Waals surface area contributed by atoms with E-state index in [0.29, 0.717) is 26.4 Å². The Balaban J connectivity index is 0. The van der Waals surface area contributed by atoms with Crippen LogP contribution in [0.5, 0.6) is 0 Å². The van der Waals surface area contributed by atoms with E-state index in [1.54, 1.807) is 33.8 Å². The first-order chi connectivity index (χ1) is 9.86. The van der Waals surface area contributed by atoms with Gasteiger partial charge in [-0.25, -0.2) is 0 Å². The normalized spacial score (nSPS) is 11.4. The molecule has 0 rings (SSSR count). The molecule has 0 saturated carbocycles. The van der Waals surface area contributed by atoms with Crippen LogP contribution in [0.3, 0.4) is 0 Å². The maximum atomic E-state index is 11.5. The molecule has 0 saturated heterocycles. The van der Waals surface area contributed by atoms with E-state index >= 15 is 0 Å². The Morgan fingerprint density at radius 2 is 1.19 bits per heavy atom.